The second-order valence-corrected chi connectivity index (χ2v) is 5.37. The molecule has 0 aliphatic heterocycles. The fourth-order valence-corrected chi connectivity index (χ4v) is 2.23. The normalized spacial score (nSPS) is 10.4. The third-order valence-electron chi connectivity index (χ3n) is 2.26. The number of benzene rings is 1. The van der Waals surface area contributed by atoms with Crippen molar-refractivity contribution in [3.05, 3.63) is 50.7 Å². The molecule has 3 nitrogen and oxygen atoms in total. The van der Waals surface area contributed by atoms with E-state index >= 15 is 0 Å². The highest BCUT2D eigenvalue weighted by atomic mass is 127. The average molecular weight is 375 g/mol. The summed E-state index contributed by atoms with van der Waals surface area (Å²) in [6.07, 6.45) is 1.76. The van der Waals surface area contributed by atoms with Gasteiger partial charge in [0.15, 0.2) is 0 Å². The first-order chi connectivity index (χ1) is 8.69. The van der Waals surface area contributed by atoms with Crippen LogP contribution in [-0.2, 0) is 6.54 Å². The maximum Gasteiger partial charge on any atom is 0.238 e. The molecular weight excluding hydrogens is 363 g/mol. The van der Waals surface area contributed by atoms with Crippen LogP contribution in [0.5, 0.6) is 11.6 Å². The lowest BCUT2D eigenvalue weighted by Gasteiger charge is -2.08. The van der Waals surface area contributed by atoms with Gasteiger partial charge in [0, 0.05) is 16.3 Å². The lowest BCUT2D eigenvalue weighted by atomic mass is 10.3. The smallest absolute Gasteiger partial charge is 0.238 e. The highest BCUT2D eigenvalue weighted by Crippen LogP contribution is 2.28. The monoisotopic (exact) mass is 374 g/mol. The molecule has 1 N–H and O–H groups in total. The summed E-state index contributed by atoms with van der Waals surface area (Å²) in [7, 11) is 1.88. The summed E-state index contributed by atoms with van der Waals surface area (Å²) in [6, 6.07) is 9.59. The fraction of sp³-hybridized carbons (Fsp3) is 0.154. The van der Waals surface area contributed by atoms with Crippen molar-refractivity contribution < 1.29 is 4.74 Å². The lowest BCUT2D eigenvalue weighted by molar-refractivity contribution is 0.462. The third-order valence-corrected chi connectivity index (χ3v) is 3.20. The molecule has 0 fully saturated rings. The second kappa shape index (κ2) is 6.36. The van der Waals surface area contributed by atoms with Gasteiger partial charge in [0.2, 0.25) is 5.88 Å². The molecule has 0 saturated heterocycles. The summed E-state index contributed by atoms with van der Waals surface area (Å²) < 4.78 is 6.76. The second-order valence-electron chi connectivity index (χ2n) is 3.72. The molecule has 0 radical (unpaired) electrons. The Morgan fingerprint density at radius 3 is 2.89 bits per heavy atom. The molecule has 0 aliphatic rings. The largest absolute Gasteiger partial charge is 0.438 e. The van der Waals surface area contributed by atoms with E-state index in [4.69, 9.17) is 16.3 Å². The summed E-state index contributed by atoms with van der Waals surface area (Å²) in [5.74, 6) is 1.16. The number of aromatic nitrogens is 1. The zero-order chi connectivity index (χ0) is 13.0. The van der Waals surface area contributed by atoms with Crippen LogP contribution >= 0.6 is 34.2 Å². The number of pyridine rings is 1. The summed E-state index contributed by atoms with van der Waals surface area (Å²) >= 11 is 8.37. The molecule has 0 bridgehead atoms. The van der Waals surface area contributed by atoms with Crippen LogP contribution < -0.4 is 10.1 Å². The summed E-state index contributed by atoms with van der Waals surface area (Å²) in [4.78, 5) is 4.23. The molecule has 5 heteroatoms. The van der Waals surface area contributed by atoms with Crippen LogP contribution in [0.15, 0.2) is 36.5 Å². The number of halogens is 2. The predicted molar refractivity (Wildman–Crippen MR) is 81.2 cm³/mol. The van der Waals surface area contributed by atoms with Gasteiger partial charge >= 0.3 is 0 Å². The quantitative estimate of drug-likeness (QED) is 0.826. The molecule has 0 aliphatic carbocycles. The maximum absolute atomic E-state index is 6.14. The third kappa shape index (κ3) is 3.57. The van der Waals surface area contributed by atoms with E-state index in [2.05, 4.69) is 32.9 Å². The van der Waals surface area contributed by atoms with Crippen molar-refractivity contribution in [3.8, 4) is 11.6 Å². The Hall–Kier alpha value is -0.850. The predicted octanol–water partition coefficient (Wildman–Crippen LogP) is 3.85. The SMILES string of the molecule is CNCc1cnc(Oc2cccc(I)c2)c(Cl)c1. The number of rotatable bonds is 4. The van der Waals surface area contributed by atoms with Gasteiger partial charge in [-0.15, -0.1) is 0 Å². The zero-order valence-corrected chi connectivity index (χ0v) is 12.7. The number of nitrogens with zero attached hydrogens (tertiary/aromatic N) is 1. The van der Waals surface area contributed by atoms with E-state index in [0.29, 0.717) is 10.9 Å². The first kappa shape index (κ1) is 13.6. The van der Waals surface area contributed by atoms with E-state index in [9.17, 15) is 0 Å². The first-order valence-electron chi connectivity index (χ1n) is 5.41. The standard InChI is InChI=1S/C13H12ClIN2O/c1-16-7-9-5-12(14)13(17-8-9)18-11-4-2-3-10(15)6-11/h2-6,8,16H,7H2,1H3. The highest BCUT2D eigenvalue weighted by Gasteiger charge is 2.06. The van der Waals surface area contributed by atoms with Gasteiger partial charge in [0.1, 0.15) is 10.8 Å². The Balaban J connectivity index is 2.19. The van der Waals surface area contributed by atoms with Crippen LogP contribution in [0.1, 0.15) is 5.56 Å². The topological polar surface area (TPSA) is 34.2 Å². The van der Waals surface area contributed by atoms with Crippen molar-refractivity contribution in [3.63, 3.8) is 0 Å². The van der Waals surface area contributed by atoms with Gasteiger partial charge in [-0.25, -0.2) is 4.98 Å². The van der Waals surface area contributed by atoms with Crippen LogP contribution in [0, 0.1) is 3.57 Å². The number of hydrogen-bond acceptors (Lipinski definition) is 3. The molecule has 0 atom stereocenters. The summed E-state index contributed by atoms with van der Waals surface area (Å²) in [5.41, 5.74) is 1.03. The summed E-state index contributed by atoms with van der Waals surface area (Å²) in [5, 5.41) is 3.56. The lowest BCUT2D eigenvalue weighted by Crippen LogP contribution is -2.05. The van der Waals surface area contributed by atoms with E-state index in [-0.39, 0.29) is 0 Å². The average Bonchev–Trinajstić information content (AvgIpc) is 2.33. The maximum atomic E-state index is 6.14. The molecule has 18 heavy (non-hydrogen) atoms. The van der Waals surface area contributed by atoms with Gasteiger partial charge in [-0.1, -0.05) is 17.7 Å². The van der Waals surface area contributed by atoms with Crippen LogP contribution in [0.4, 0.5) is 0 Å². The van der Waals surface area contributed by atoms with Crippen LogP contribution in [0.3, 0.4) is 0 Å². The number of ether oxygens (including phenoxy) is 1. The Kier molecular flexibility index (Phi) is 4.79. The minimum absolute atomic E-state index is 0.429. The fourth-order valence-electron chi connectivity index (χ4n) is 1.48. The van der Waals surface area contributed by atoms with Crippen molar-refractivity contribution in [2.45, 2.75) is 6.54 Å². The molecule has 1 aromatic heterocycles. The first-order valence-corrected chi connectivity index (χ1v) is 6.87. The molecule has 2 aromatic rings. The van der Waals surface area contributed by atoms with Gasteiger partial charge in [-0.3, -0.25) is 0 Å². The minimum atomic E-state index is 0.429. The number of hydrogen-bond donors (Lipinski definition) is 1. The number of nitrogens with one attached hydrogen (secondary N) is 1. The van der Waals surface area contributed by atoms with Crippen molar-refractivity contribution in [2.75, 3.05) is 7.05 Å². The highest BCUT2D eigenvalue weighted by molar-refractivity contribution is 14.1. The minimum Gasteiger partial charge on any atom is -0.438 e. The van der Waals surface area contributed by atoms with Crippen molar-refractivity contribution >= 4 is 34.2 Å². The van der Waals surface area contributed by atoms with Gasteiger partial charge in [0.05, 0.1) is 0 Å². The molecule has 0 spiro atoms. The summed E-state index contributed by atoms with van der Waals surface area (Å²) in [6.45, 7) is 0.732. The Morgan fingerprint density at radius 2 is 2.22 bits per heavy atom. The Bertz CT molecular complexity index is 548. The molecule has 0 amide bonds. The van der Waals surface area contributed by atoms with Gasteiger partial charge < -0.3 is 10.1 Å². The molecule has 1 aromatic carbocycles. The van der Waals surface area contributed by atoms with E-state index in [0.717, 1.165) is 21.4 Å². The molecule has 2 rings (SSSR count). The van der Waals surface area contributed by atoms with Gasteiger partial charge in [-0.2, -0.15) is 0 Å². The van der Waals surface area contributed by atoms with Crippen LogP contribution in [-0.4, -0.2) is 12.0 Å². The molecule has 1 heterocycles. The van der Waals surface area contributed by atoms with Gasteiger partial charge in [0.25, 0.3) is 0 Å². The van der Waals surface area contributed by atoms with Gasteiger partial charge in [-0.05, 0) is 59.5 Å². The van der Waals surface area contributed by atoms with Crippen molar-refractivity contribution in [1.29, 1.82) is 0 Å². The zero-order valence-electron chi connectivity index (χ0n) is 9.78. The van der Waals surface area contributed by atoms with E-state index in [1.165, 1.54) is 0 Å². The molecule has 94 valence electrons. The Labute approximate surface area is 125 Å². The van der Waals surface area contributed by atoms with Crippen molar-refractivity contribution in [1.82, 2.24) is 10.3 Å². The molecular formula is C13H12ClIN2O. The Morgan fingerprint density at radius 1 is 1.39 bits per heavy atom. The van der Waals surface area contributed by atoms with E-state index in [1.54, 1.807) is 6.20 Å². The van der Waals surface area contributed by atoms with Crippen LogP contribution in [0.2, 0.25) is 5.02 Å². The van der Waals surface area contributed by atoms with E-state index < -0.39 is 0 Å². The van der Waals surface area contributed by atoms with Crippen LogP contribution in [0.25, 0.3) is 0 Å². The van der Waals surface area contributed by atoms with E-state index in [1.807, 2.05) is 37.4 Å². The van der Waals surface area contributed by atoms with Crippen molar-refractivity contribution in [2.24, 2.45) is 0 Å². The molecule has 0 saturated carbocycles. The molecule has 0 unspecified atom stereocenters.